The SMILES string of the molecule is COCC(CO)OC.COCC(COC(=O)Cl)OC.COCC(COC)OC.COCC(COC)OC(=O)Cl.COCC(O)CO.COCC(O)COC.COCC(O)COC.O=C(O)C(Cl)Cl.OCC(O)CO. The number of carboxylic acid groups (broad SMARTS) is 1. The van der Waals surface area contributed by atoms with Crippen molar-refractivity contribution in [2.24, 2.45) is 0 Å². The molecular formula is C42H92Cl4O28. The maximum atomic E-state index is 10.2. The first-order valence-electron chi connectivity index (χ1n) is 21.3. The van der Waals surface area contributed by atoms with Crippen molar-refractivity contribution in [1.82, 2.24) is 0 Å². The molecule has 3 atom stereocenters. The van der Waals surface area contributed by atoms with Crippen molar-refractivity contribution in [3.63, 3.8) is 0 Å². The molecule has 0 amide bonds. The van der Waals surface area contributed by atoms with E-state index in [-0.39, 0.29) is 71.2 Å². The lowest BCUT2D eigenvalue weighted by atomic mass is 10.4. The van der Waals surface area contributed by atoms with Gasteiger partial charge in [0.2, 0.25) is 4.84 Å². The number of rotatable bonds is 33. The van der Waals surface area contributed by atoms with Gasteiger partial charge in [-0.15, -0.1) is 0 Å². The van der Waals surface area contributed by atoms with Crippen LogP contribution in [0.5, 0.6) is 0 Å². The van der Waals surface area contributed by atoms with Gasteiger partial charge in [-0.25, -0.2) is 14.4 Å². The molecular weight excluding hydrogens is 1090 g/mol. The molecule has 0 radical (unpaired) electrons. The molecule has 0 bridgehead atoms. The highest BCUT2D eigenvalue weighted by molar-refractivity contribution is 6.61. The number of aliphatic hydroxyl groups excluding tert-OH is 8. The van der Waals surface area contributed by atoms with Gasteiger partial charge in [0.15, 0.2) is 0 Å². The minimum absolute atomic E-state index is 0.0182. The molecule has 32 heteroatoms. The highest BCUT2D eigenvalue weighted by Crippen LogP contribution is 1.99. The Morgan fingerprint density at radius 3 is 0.757 bits per heavy atom. The highest BCUT2D eigenvalue weighted by atomic mass is 35.5. The Morgan fingerprint density at radius 2 is 0.595 bits per heavy atom. The number of hydrogen-bond acceptors (Lipinski definition) is 27. The fourth-order valence-corrected chi connectivity index (χ4v) is 3.44. The van der Waals surface area contributed by atoms with Gasteiger partial charge in [0.05, 0.1) is 99.1 Å². The zero-order chi connectivity index (χ0) is 59.6. The van der Waals surface area contributed by atoms with E-state index in [1.165, 1.54) is 35.5 Å². The average Bonchev–Trinajstić information content (AvgIpc) is 3.36. The number of halogens is 4. The number of carboxylic acids is 1. The molecule has 456 valence electrons. The summed E-state index contributed by atoms with van der Waals surface area (Å²) in [5, 5.41) is 74.4. The van der Waals surface area contributed by atoms with Crippen LogP contribution in [0.3, 0.4) is 0 Å². The molecule has 0 spiro atoms. The predicted molar refractivity (Wildman–Crippen MR) is 272 cm³/mol. The molecule has 0 saturated heterocycles. The largest absolute Gasteiger partial charge is 0.479 e. The summed E-state index contributed by atoms with van der Waals surface area (Å²) in [5.41, 5.74) is -1.67. The van der Waals surface area contributed by atoms with Crippen molar-refractivity contribution in [2.75, 3.05) is 205 Å². The number of aliphatic hydroxyl groups is 8. The van der Waals surface area contributed by atoms with E-state index in [0.29, 0.717) is 52.9 Å². The third-order valence-corrected chi connectivity index (χ3v) is 7.15. The quantitative estimate of drug-likeness (QED) is 0.0294. The molecule has 0 rings (SSSR count). The zero-order valence-electron chi connectivity index (χ0n) is 45.3. The van der Waals surface area contributed by atoms with Crippen LogP contribution in [-0.4, -0.2) is 322 Å². The van der Waals surface area contributed by atoms with Crippen LogP contribution >= 0.6 is 46.4 Å². The third-order valence-electron chi connectivity index (χ3n) is 6.58. The lowest BCUT2D eigenvalue weighted by molar-refractivity contribution is -0.135. The standard InChI is InChI=1S/2C6H11ClO4.C6H14O3.3C5H12O3.C4H10O3.C3H8O3.C2H2Cl2O2/c1-9-3-5(10-2)4-11-6(7)8;1-9-3-5(4-10-2)11-6(7)8;1-7-4-6(9-3)5-8-2;2*1-7-3-5(6)4-8-2;1-7-4-5(3-6)8-2;1-7-3-4(6)2-5;4-1-3(6)2-5;3-1(4)2(5)6/h2*5H,3-4H2,1-2H3;6H,4-5H2,1-3H3;3*5-6H,3-4H2,1-2H3;4-6H,2-3H2,1H3;3-6H,1-2H2;1H,(H,5,6). The van der Waals surface area contributed by atoms with Crippen LogP contribution in [0.25, 0.3) is 0 Å². The Labute approximate surface area is 456 Å². The second kappa shape index (κ2) is 80.5. The maximum Gasteiger partial charge on any atom is 0.404 e. The molecule has 0 aromatic heterocycles. The summed E-state index contributed by atoms with van der Waals surface area (Å²) in [5.74, 6) is -1.21. The van der Waals surface area contributed by atoms with Crippen LogP contribution in [0, 0.1) is 0 Å². The number of methoxy groups -OCH3 is 14. The Hall–Kier alpha value is -1.31. The van der Waals surface area contributed by atoms with Gasteiger partial charge >= 0.3 is 16.8 Å². The number of carbonyl (C=O) groups excluding carboxylic acids is 2. The van der Waals surface area contributed by atoms with E-state index in [9.17, 15) is 14.4 Å². The number of ether oxygens (including phenoxy) is 16. The van der Waals surface area contributed by atoms with E-state index in [1.54, 1.807) is 64.0 Å². The summed E-state index contributed by atoms with van der Waals surface area (Å²) in [4.78, 5) is 28.5. The predicted octanol–water partition coefficient (Wildman–Crippen LogP) is -0.546. The highest BCUT2D eigenvalue weighted by Gasteiger charge is 2.12. The van der Waals surface area contributed by atoms with Gasteiger partial charge in [-0.3, -0.25) is 0 Å². The minimum Gasteiger partial charge on any atom is -0.479 e. The van der Waals surface area contributed by atoms with Crippen molar-refractivity contribution in [2.45, 2.75) is 53.7 Å². The number of aliphatic carboxylic acids is 1. The Balaban J connectivity index is -0.0000000924. The van der Waals surface area contributed by atoms with Crippen LogP contribution in [-0.2, 0) is 80.6 Å². The fraction of sp³-hybridized carbons (Fsp3) is 0.929. The summed E-state index contributed by atoms with van der Waals surface area (Å²) in [7, 11) is 21.7. The molecule has 0 aromatic rings. The second-order valence-corrected chi connectivity index (χ2v) is 14.8. The molecule has 3 unspecified atom stereocenters. The normalized spacial score (nSPS) is 11.4. The molecule has 74 heavy (non-hydrogen) atoms. The minimum atomic E-state index is -1.29. The summed E-state index contributed by atoms with van der Waals surface area (Å²) in [6.45, 7) is 3.32. The van der Waals surface area contributed by atoms with Crippen LogP contribution in [0.15, 0.2) is 0 Å². The van der Waals surface area contributed by atoms with Crippen molar-refractivity contribution >= 4 is 63.2 Å². The summed E-state index contributed by atoms with van der Waals surface area (Å²) in [6.07, 6.45) is -3.40. The number of carbonyl (C=O) groups is 3. The van der Waals surface area contributed by atoms with Gasteiger partial charge < -0.3 is 122 Å². The van der Waals surface area contributed by atoms with Crippen molar-refractivity contribution in [3.8, 4) is 0 Å². The molecule has 0 aliphatic carbocycles. The van der Waals surface area contributed by atoms with Gasteiger partial charge in [0, 0.05) is 123 Å². The van der Waals surface area contributed by atoms with Crippen LogP contribution in [0.1, 0.15) is 0 Å². The summed E-state index contributed by atoms with van der Waals surface area (Å²) < 4.78 is 75.3. The smallest absolute Gasteiger partial charge is 0.404 e. The first-order chi connectivity index (χ1) is 35.0. The summed E-state index contributed by atoms with van der Waals surface area (Å²) >= 11 is 19.5. The summed E-state index contributed by atoms with van der Waals surface area (Å²) in [6, 6.07) is 0. The van der Waals surface area contributed by atoms with Crippen LogP contribution in [0.4, 0.5) is 9.59 Å². The Kier molecular flexibility index (Phi) is 100. The van der Waals surface area contributed by atoms with E-state index in [4.69, 9.17) is 135 Å². The first-order valence-corrected chi connectivity index (χ1v) is 22.9. The van der Waals surface area contributed by atoms with Gasteiger partial charge in [-0.05, 0) is 0 Å². The second-order valence-electron chi connectivity index (χ2n) is 13.1. The molecule has 0 fully saturated rings. The van der Waals surface area contributed by atoms with Crippen LogP contribution in [0.2, 0.25) is 0 Å². The van der Waals surface area contributed by atoms with Crippen molar-refractivity contribution in [3.05, 3.63) is 0 Å². The lowest BCUT2D eigenvalue weighted by Crippen LogP contribution is -2.25. The van der Waals surface area contributed by atoms with Crippen molar-refractivity contribution in [1.29, 1.82) is 0 Å². The monoisotopic (exact) mass is 1180 g/mol. The number of hydrogen-bond donors (Lipinski definition) is 9. The van der Waals surface area contributed by atoms with Gasteiger partial charge in [0.25, 0.3) is 0 Å². The molecule has 0 aliphatic heterocycles. The van der Waals surface area contributed by atoms with Gasteiger partial charge in [-0.1, -0.05) is 23.2 Å². The number of alkyl halides is 2. The lowest BCUT2D eigenvalue weighted by Gasteiger charge is -2.13. The topological polar surface area (TPSA) is 381 Å². The molecule has 9 N–H and O–H groups in total. The van der Waals surface area contributed by atoms with E-state index in [2.05, 4.69) is 33.2 Å². The Morgan fingerprint density at radius 1 is 0.351 bits per heavy atom. The Bertz CT molecular complexity index is 996. The first kappa shape index (κ1) is 92.1. The van der Waals surface area contributed by atoms with Crippen LogP contribution < -0.4 is 0 Å². The molecule has 0 heterocycles. The van der Waals surface area contributed by atoms with Gasteiger partial charge in [0.1, 0.15) is 55.4 Å². The van der Waals surface area contributed by atoms with E-state index in [0.717, 1.165) is 0 Å². The zero-order valence-corrected chi connectivity index (χ0v) is 48.3. The fourth-order valence-electron chi connectivity index (χ4n) is 3.25. The van der Waals surface area contributed by atoms with Crippen molar-refractivity contribution < 1.29 is 136 Å². The van der Waals surface area contributed by atoms with E-state index in [1.807, 2.05) is 0 Å². The van der Waals surface area contributed by atoms with E-state index < -0.39 is 52.2 Å². The molecule has 0 aromatic carbocycles. The molecule has 0 aliphatic rings. The average molecular weight is 1190 g/mol. The maximum absolute atomic E-state index is 10.2. The molecule has 28 nitrogen and oxygen atoms in total. The molecule has 0 saturated carbocycles. The van der Waals surface area contributed by atoms with Gasteiger partial charge in [-0.2, -0.15) is 0 Å². The van der Waals surface area contributed by atoms with E-state index >= 15 is 0 Å². The third kappa shape index (κ3) is 99.7.